The molecule has 0 bridgehead atoms. The van der Waals surface area contributed by atoms with Gasteiger partial charge < -0.3 is 15.4 Å². The average Bonchev–Trinajstić information content (AvgIpc) is 2.82. The van der Waals surface area contributed by atoms with Gasteiger partial charge >= 0.3 is 0 Å². The van der Waals surface area contributed by atoms with Crippen LogP contribution in [0.4, 0.5) is 4.39 Å². The maximum absolute atomic E-state index is 13.7. The summed E-state index contributed by atoms with van der Waals surface area (Å²) >= 11 is 5.68. The Hall–Kier alpha value is -1.50. The summed E-state index contributed by atoms with van der Waals surface area (Å²) in [6.45, 7) is 1.52. The first-order chi connectivity index (χ1) is 8.99. The summed E-state index contributed by atoms with van der Waals surface area (Å²) in [6.07, 6.45) is -0.668. The zero-order valence-corrected chi connectivity index (χ0v) is 10.9. The van der Waals surface area contributed by atoms with E-state index in [4.69, 9.17) is 21.9 Å². The summed E-state index contributed by atoms with van der Waals surface area (Å²) in [5.41, 5.74) is 6.02. The lowest BCUT2D eigenvalue weighted by Crippen LogP contribution is -2.23. The molecule has 2 rings (SSSR count). The van der Waals surface area contributed by atoms with Crippen molar-refractivity contribution in [2.24, 2.45) is 5.73 Å². The van der Waals surface area contributed by atoms with Gasteiger partial charge in [-0.25, -0.2) is 4.39 Å². The minimum Gasteiger partial charge on any atom is -0.391 e. The molecule has 7 heteroatoms. The molecule has 2 atom stereocenters. The van der Waals surface area contributed by atoms with Crippen molar-refractivity contribution in [2.45, 2.75) is 25.5 Å². The number of halogens is 2. The van der Waals surface area contributed by atoms with Gasteiger partial charge in [-0.1, -0.05) is 28.9 Å². The number of nitrogens with zero attached hydrogens (tertiary/aromatic N) is 2. The molecule has 0 aliphatic carbocycles. The Labute approximate surface area is 114 Å². The SMILES string of the molecule is C[C@@H](O)[C@H](N)c1nc(Cc2cccc(Cl)c2F)no1. The van der Waals surface area contributed by atoms with E-state index in [0.29, 0.717) is 5.56 Å². The third kappa shape index (κ3) is 3.09. The second kappa shape index (κ2) is 5.64. The molecule has 0 unspecified atom stereocenters. The van der Waals surface area contributed by atoms with Crippen molar-refractivity contribution in [2.75, 3.05) is 0 Å². The van der Waals surface area contributed by atoms with Crippen LogP contribution in [0.2, 0.25) is 5.02 Å². The number of rotatable bonds is 4. The van der Waals surface area contributed by atoms with Crippen LogP contribution in [0.1, 0.15) is 30.2 Å². The van der Waals surface area contributed by atoms with Crippen molar-refractivity contribution in [3.8, 4) is 0 Å². The summed E-state index contributed by atoms with van der Waals surface area (Å²) in [5, 5.41) is 13.1. The van der Waals surface area contributed by atoms with E-state index in [9.17, 15) is 9.50 Å². The zero-order valence-electron chi connectivity index (χ0n) is 10.2. The van der Waals surface area contributed by atoms with E-state index >= 15 is 0 Å². The van der Waals surface area contributed by atoms with Crippen LogP contribution in [-0.2, 0) is 6.42 Å². The Balaban J connectivity index is 2.18. The van der Waals surface area contributed by atoms with E-state index in [1.54, 1.807) is 12.1 Å². The Bertz CT molecular complexity index is 574. The lowest BCUT2D eigenvalue weighted by molar-refractivity contribution is 0.146. The lowest BCUT2D eigenvalue weighted by Gasteiger charge is -2.08. The van der Waals surface area contributed by atoms with Gasteiger partial charge in [0.2, 0.25) is 5.89 Å². The average molecular weight is 286 g/mol. The van der Waals surface area contributed by atoms with Crippen LogP contribution in [0.3, 0.4) is 0 Å². The molecule has 1 heterocycles. The summed E-state index contributed by atoms with van der Waals surface area (Å²) in [5.74, 6) is -0.102. The van der Waals surface area contributed by atoms with Gasteiger partial charge in [0, 0.05) is 6.42 Å². The van der Waals surface area contributed by atoms with Gasteiger partial charge in [-0.05, 0) is 18.6 Å². The Morgan fingerprint density at radius 3 is 2.95 bits per heavy atom. The predicted octanol–water partition coefficient (Wildman–Crippen LogP) is 1.83. The predicted molar refractivity (Wildman–Crippen MR) is 67.1 cm³/mol. The van der Waals surface area contributed by atoms with E-state index in [0.717, 1.165) is 0 Å². The fraction of sp³-hybridized carbons (Fsp3) is 0.333. The minimum atomic E-state index is -0.809. The molecule has 0 amide bonds. The van der Waals surface area contributed by atoms with Gasteiger partial charge in [-0.3, -0.25) is 0 Å². The molecule has 102 valence electrons. The third-order valence-corrected chi connectivity index (χ3v) is 2.96. The quantitative estimate of drug-likeness (QED) is 0.895. The van der Waals surface area contributed by atoms with Gasteiger partial charge in [-0.15, -0.1) is 0 Å². The number of aliphatic hydroxyl groups is 1. The van der Waals surface area contributed by atoms with Gasteiger partial charge in [0.1, 0.15) is 11.9 Å². The van der Waals surface area contributed by atoms with E-state index in [-0.39, 0.29) is 23.2 Å². The molecule has 19 heavy (non-hydrogen) atoms. The summed E-state index contributed by atoms with van der Waals surface area (Å²) in [7, 11) is 0. The Morgan fingerprint density at radius 1 is 1.53 bits per heavy atom. The van der Waals surface area contributed by atoms with E-state index < -0.39 is 18.0 Å². The van der Waals surface area contributed by atoms with Crippen LogP contribution in [0, 0.1) is 5.82 Å². The molecule has 0 saturated carbocycles. The molecule has 0 spiro atoms. The van der Waals surface area contributed by atoms with Crippen molar-refractivity contribution in [3.63, 3.8) is 0 Å². The molecule has 0 radical (unpaired) electrons. The number of aromatic nitrogens is 2. The molecule has 0 aliphatic heterocycles. The molecule has 0 fully saturated rings. The third-order valence-electron chi connectivity index (χ3n) is 2.67. The van der Waals surface area contributed by atoms with E-state index in [1.165, 1.54) is 13.0 Å². The van der Waals surface area contributed by atoms with Gasteiger partial charge in [0.15, 0.2) is 5.82 Å². The van der Waals surface area contributed by atoms with E-state index in [1.807, 2.05) is 0 Å². The Morgan fingerprint density at radius 2 is 2.26 bits per heavy atom. The first-order valence-corrected chi connectivity index (χ1v) is 6.06. The van der Waals surface area contributed by atoms with Crippen molar-refractivity contribution >= 4 is 11.6 Å². The lowest BCUT2D eigenvalue weighted by atomic mass is 10.1. The highest BCUT2D eigenvalue weighted by molar-refractivity contribution is 6.30. The minimum absolute atomic E-state index is 0.0434. The molecule has 0 saturated heterocycles. The maximum atomic E-state index is 13.7. The van der Waals surface area contributed by atoms with Gasteiger partial charge in [0.25, 0.3) is 0 Å². The van der Waals surface area contributed by atoms with Crippen molar-refractivity contribution < 1.29 is 14.0 Å². The van der Waals surface area contributed by atoms with Gasteiger partial charge in [0.05, 0.1) is 11.1 Å². The van der Waals surface area contributed by atoms with Crippen LogP contribution in [-0.4, -0.2) is 21.4 Å². The fourth-order valence-electron chi connectivity index (χ4n) is 1.54. The molecule has 3 N–H and O–H groups in total. The molecular formula is C12H13ClFN3O2. The van der Waals surface area contributed by atoms with Gasteiger partial charge in [-0.2, -0.15) is 4.98 Å². The number of benzene rings is 1. The molecule has 1 aromatic carbocycles. The van der Waals surface area contributed by atoms with Crippen molar-refractivity contribution in [1.82, 2.24) is 10.1 Å². The first-order valence-electron chi connectivity index (χ1n) is 5.68. The van der Waals surface area contributed by atoms with Crippen LogP contribution in [0.25, 0.3) is 0 Å². The summed E-state index contributed by atoms with van der Waals surface area (Å²) in [6, 6.07) is 3.94. The topological polar surface area (TPSA) is 85.2 Å². The van der Waals surface area contributed by atoms with Crippen LogP contribution in [0.5, 0.6) is 0 Å². The summed E-state index contributed by atoms with van der Waals surface area (Å²) in [4.78, 5) is 4.02. The normalized spacial score (nSPS) is 14.4. The number of nitrogens with two attached hydrogens (primary N) is 1. The smallest absolute Gasteiger partial charge is 0.246 e. The standard InChI is InChI=1S/C12H13ClFN3O2/c1-6(18)11(15)12-16-9(17-19-12)5-7-3-2-4-8(13)10(7)14/h2-4,6,11,18H,5,15H2,1H3/t6-,11+/m1/s1. The highest BCUT2D eigenvalue weighted by Crippen LogP contribution is 2.20. The summed E-state index contributed by atoms with van der Waals surface area (Å²) < 4.78 is 18.6. The number of aliphatic hydroxyl groups excluding tert-OH is 1. The van der Waals surface area contributed by atoms with Crippen molar-refractivity contribution in [3.05, 3.63) is 46.3 Å². The largest absolute Gasteiger partial charge is 0.391 e. The molecule has 0 aliphatic rings. The van der Waals surface area contributed by atoms with Crippen LogP contribution >= 0.6 is 11.6 Å². The van der Waals surface area contributed by atoms with Crippen LogP contribution < -0.4 is 5.73 Å². The molecule has 2 aromatic rings. The van der Waals surface area contributed by atoms with Crippen LogP contribution in [0.15, 0.2) is 22.7 Å². The fourth-order valence-corrected chi connectivity index (χ4v) is 1.73. The molecule has 1 aromatic heterocycles. The molecule has 5 nitrogen and oxygen atoms in total. The highest BCUT2D eigenvalue weighted by atomic mass is 35.5. The van der Waals surface area contributed by atoms with E-state index in [2.05, 4.69) is 10.1 Å². The first kappa shape index (κ1) is 13.9. The molecular weight excluding hydrogens is 273 g/mol. The highest BCUT2D eigenvalue weighted by Gasteiger charge is 2.20. The monoisotopic (exact) mass is 285 g/mol. The second-order valence-corrected chi connectivity index (χ2v) is 4.61. The number of hydrogen-bond donors (Lipinski definition) is 2. The second-order valence-electron chi connectivity index (χ2n) is 4.20. The Kier molecular flexibility index (Phi) is 4.14. The maximum Gasteiger partial charge on any atom is 0.246 e. The zero-order chi connectivity index (χ0) is 14.0. The number of hydrogen-bond acceptors (Lipinski definition) is 5. The van der Waals surface area contributed by atoms with Crippen molar-refractivity contribution in [1.29, 1.82) is 0 Å².